The van der Waals surface area contributed by atoms with E-state index in [1.165, 1.54) is 25.1 Å². The van der Waals surface area contributed by atoms with E-state index < -0.39 is 0 Å². The van der Waals surface area contributed by atoms with Gasteiger partial charge in [0.2, 0.25) is 0 Å². The molecule has 2 atom stereocenters. The zero-order chi connectivity index (χ0) is 15.1. The number of nitrogens with zero attached hydrogens (tertiary/aromatic N) is 2. The second-order valence-corrected chi connectivity index (χ2v) is 5.78. The predicted octanol–water partition coefficient (Wildman–Crippen LogP) is 2.25. The first-order chi connectivity index (χ1) is 10.2. The Morgan fingerprint density at radius 2 is 2.14 bits per heavy atom. The highest BCUT2D eigenvalue weighted by molar-refractivity contribution is 5.80. The molecule has 2 N–H and O–H groups in total. The third-order valence-electron chi connectivity index (χ3n) is 4.25. The third kappa shape index (κ3) is 4.74. The summed E-state index contributed by atoms with van der Waals surface area (Å²) >= 11 is 0. The van der Waals surface area contributed by atoms with Gasteiger partial charge in [-0.3, -0.25) is 4.99 Å². The van der Waals surface area contributed by atoms with Crippen molar-refractivity contribution >= 4 is 5.96 Å². The van der Waals surface area contributed by atoms with Crippen molar-refractivity contribution in [2.45, 2.75) is 26.3 Å². The lowest BCUT2D eigenvalue weighted by Crippen LogP contribution is -2.41. The Bertz CT molecular complexity index is 443. The summed E-state index contributed by atoms with van der Waals surface area (Å²) in [6, 6.07) is 10.7. The molecule has 1 aromatic rings. The summed E-state index contributed by atoms with van der Waals surface area (Å²) in [6.07, 6.45) is 1.28. The smallest absolute Gasteiger partial charge is 0.191 e. The van der Waals surface area contributed by atoms with Gasteiger partial charge in [0.25, 0.3) is 0 Å². The van der Waals surface area contributed by atoms with E-state index >= 15 is 0 Å². The van der Waals surface area contributed by atoms with E-state index in [1.54, 1.807) is 0 Å². The lowest BCUT2D eigenvalue weighted by atomic mass is 10.1. The van der Waals surface area contributed by atoms with E-state index in [0.717, 1.165) is 25.0 Å². The van der Waals surface area contributed by atoms with Gasteiger partial charge < -0.3 is 15.5 Å². The van der Waals surface area contributed by atoms with Crippen molar-refractivity contribution in [1.29, 1.82) is 0 Å². The lowest BCUT2D eigenvalue weighted by Gasteiger charge is -2.20. The summed E-state index contributed by atoms with van der Waals surface area (Å²) in [7, 11) is 1.83. The molecule has 4 nitrogen and oxygen atoms in total. The van der Waals surface area contributed by atoms with Crippen LogP contribution in [0.5, 0.6) is 0 Å². The van der Waals surface area contributed by atoms with Gasteiger partial charge in [-0.1, -0.05) is 37.3 Å². The maximum atomic E-state index is 4.33. The largest absolute Gasteiger partial charge is 0.356 e. The monoisotopic (exact) mass is 288 g/mol. The molecule has 116 valence electrons. The maximum Gasteiger partial charge on any atom is 0.191 e. The first kappa shape index (κ1) is 15.8. The van der Waals surface area contributed by atoms with Crippen molar-refractivity contribution in [3.8, 4) is 0 Å². The Morgan fingerprint density at radius 1 is 1.38 bits per heavy atom. The van der Waals surface area contributed by atoms with Crippen LogP contribution in [0.3, 0.4) is 0 Å². The van der Waals surface area contributed by atoms with E-state index in [-0.39, 0.29) is 6.04 Å². The van der Waals surface area contributed by atoms with Crippen LogP contribution in [0.1, 0.15) is 31.9 Å². The van der Waals surface area contributed by atoms with Crippen LogP contribution >= 0.6 is 0 Å². The van der Waals surface area contributed by atoms with Crippen molar-refractivity contribution in [3.63, 3.8) is 0 Å². The van der Waals surface area contributed by atoms with Crippen LogP contribution in [0, 0.1) is 5.92 Å². The fourth-order valence-corrected chi connectivity index (χ4v) is 2.83. The van der Waals surface area contributed by atoms with Crippen LogP contribution in [0.2, 0.25) is 0 Å². The SMILES string of the molecule is CCN1CCC(CNC(=NC)NC(C)c2ccccc2)C1. The molecule has 2 rings (SSSR count). The zero-order valence-corrected chi connectivity index (χ0v) is 13.5. The number of rotatable bonds is 5. The number of hydrogen-bond acceptors (Lipinski definition) is 2. The molecule has 0 amide bonds. The molecule has 21 heavy (non-hydrogen) atoms. The Morgan fingerprint density at radius 3 is 2.76 bits per heavy atom. The van der Waals surface area contributed by atoms with E-state index in [0.29, 0.717) is 0 Å². The van der Waals surface area contributed by atoms with E-state index in [2.05, 4.69) is 58.6 Å². The van der Waals surface area contributed by atoms with Crippen LogP contribution in [0.25, 0.3) is 0 Å². The van der Waals surface area contributed by atoms with Gasteiger partial charge in [0, 0.05) is 20.1 Å². The average Bonchev–Trinajstić information content (AvgIpc) is 3.00. The topological polar surface area (TPSA) is 39.7 Å². The van der Waals surface area contributed by atoms with Crippen molar-refractivity contribution in [3.05, 3.63) is 35.9 Å². The Labute approximate surface area is 128 Å². The minimum Gasteiger partial charge on any atom is -0.356 e. The van der Waals surface area contributed by atoms with Crippen molar-refractivity contribution < 1.29 is 0 Å². The van der Waals surface area contributed by atoms with Gasteiger partial charge in [0.1, 0.15) is 0 Å². The number of nitrogens with one attached hydrogen (secondary N) is 2. The maximum absolute atomic E-state index is 4.33. The fourth-order valence-electron chi connectivity index (χ4n) is 2.83. The van der Waals surface area contributed by atoms with Crippen molar-refractivity contribution in [2.75, 3.05) is 33.2 Å². The van der Waals surface area contributed by atoms with Crippen molar-refractivity contribution in [2.24, 2.45) is 10.9 Å². The first-order valence-electron chi connectivity index (χ1n) is 7.97. The molecule has 1 aromatic carbocycles. The molecule has 1 heterocycles. The van der Waals surface area contributed by atoms with E-state index in [1.807, 2.05) is 13.1 Å². The Kier molecular flexibility index (Phi) is 6.05. The average molecular weight is 288 g/mol. The van der Waals surface area contributed by atoms with Gasteiger partial charge >= 0.3 is 0 Å². The van der Waals surface area contributed by atoms with Crippen LogP contribution in [-0.2, 0) is 0 Å². The Hall–Kier alpha value is -1.55. The molecular formula is C17H28N4. The molecule has 4 heteroatoms. The van der Waals surface area contributed by atoms with Crippen LogP contribution < -0.4 is 10.6 Å². The summed E-state index contributed by atoms with van der Waals surface area (Å²) in [4.78, 5) is 6.84. The van der Waals surface area contributed by atoms with E-state index in [4.69, 9.17) is 0 Å². The lowest BCUT2D eigenvalue weighted by molar-refractivity contribution is 0.341. The van der Waals surface area contributed by atoms with Crippen LogP contribution in [-0.4, -0.2) is 44.1 Å². The van der Waals surface area contributed by atoms with Crippen LogP contribution in [0.4, 0.5) is 0 Å². The summed E-state index contributed by atoms with van der Waals surface area (Å²) < 4.78 is 0. The van der Waals surface area contributed by atoms with E-state index in [9.17, 15) is 0 Å². The molecule has 0 aliphatic carbocycles. The van der Waals surface area contributed by atoms with Gasteiger partial charge in [-0.05, 0) is 37.9 Å². The minimum atomic E-state index is 0.258. The molecule has 0 bridgehead atoms. The van der Waals surface area contributed by atoms with Gasteiger partial charge in [-0.2, -0.15) is 0 Å². The standard InChI is InChI=1S/C17H28N4/c1-4-21-11-10-15(13-21)12-19-17(18-3)20-14(2)16-8-6-5-7-9-16/h5-9,14-15H,4,10-13H2,1-3H3,(H2,18,19,20). The molecule has 1 aliphatic rings. The summed E-state index contributed by atoms with van der Waals surface area (Å²) in [5.41, 5.74) is 1.28. The number of aliphatic imine (C=N–C) groups is 1. The predicted molar refractivity (Wildman–Crippen MR) is 89.6 cm³/mol. The third-order valence-corrected chi connectivity index (χ3v) is 4.25. The molecule has 0 saturated carbocycles. The second-order valence-electron chi connectivity index (χ2n) is 5.78. The first-order valence-corrected chi connectivity index (χ1v) is 7.97. The second kappa shape index (κ2) is 8.03. The van der Waals surface area contributed by atoms with Crippen LogP contribution in [0.15, 0.2) is 35.3 Å². The number of guanidine groups is 1. The number of hydrogen-bond donors (Lipinski definition) is 2. The molecule has 1 fully saturated rings. The summed E-state index contributed by atoms with van der Waals surface area (Å²) in [6.45, 7) is 8.99. The van der Waals surface area contributed by atoms with Gasteiger partial charge in [-0.25, -0.2) is 0 Å². The number of benzene rings is 1. The molecule has 2 unspecified atom stereocenters. The highest BCUT2D eigenvalue weighted by Crippen LogP contribution is 2.15. The summed E-state index contributed by atoms with van der Waals surface area (Å²) in [5, 5.41) is 6.93. The molecule has 0 aromatic heterocycles. The van der Waals surface area contributed by atoms with Gasteiger partial charge in [0.05, 0.1) is 6.04 Å². The fraction of sp³-hybridized carbons (Fsp3) is 0.588. The van der Waals surface area contributed by atoms with Gasteiger partial charge in [0.15, 0.2) is 5.96 Å². The molecular weight excluding hydrogens is 260 g/mol. The quantitative estimate of drug-likeness (QED) is 0.645. The normalized spacial score (nSPS) is 21.3. The zero-order valence-electron chi connectivity index (χ0n) is 13.5. The molecule has 1 saturated heterocycles. The molecule has 0 radical (unpaired) electrons. The molecule has 0 spiro atoms. The van der Waals surface area contributed by atoms with Crippen molar-refractivity contribution in [1.82, 2.24) is 15.5 Å². The number of likely N-dealkylation sites (tertiary alicyclic amines) is 1. The van der Waals surface area contributed by atoms with Gasteiger partial charge in [-0.15, -0.1) is 0 Å². The molecule has 1 aliphatic heterocycles. The summed E-state index contributed by atoms with van der Waals surface area (Å²) in [5.74, 6) is 1.62. The highest BCUT2D eigenvalue weighted by atomic mass is 15.2. The highest BCUT2D eigenvalue weighted by Gasteiger charge is 2.21. The Balaban J connectivity index is 1.79. The minimum absolute atomic E-state index is 0.258.